The van der Waals surface area contributed by atoms with Crippen molar-refractivity contribution in [2.45, 2.75) is 64.6 Å². The Bertz CT molecular complexity index is 1060. The van der Waals surface area contributed by atoms with E-state index in [4.69, 9.17) is 4.98 Å². The summed E-state index contributed by atoms with van der Waals surface area (Å²) in [7, 11) is 0. The van der Waals surface area contributed by atoms with Crippen molar-refractivity contribution in [3.05, 3.63) is 61.5 Å². The Morgan fingerprint density at radius 3 is 3.00 bits per heavy atom. The maximum absolute atomic E-state index is 13.0. The molecule has 0 radical (unpaired) electrons. The second kappa shape index (κ2) is 8.71. The highest BCUT2D eigenvalue weighted by molar-refractivity contribution is 7.10. The van der Waals surface area contributed by atoms with Gasteiger partial charge in [-0.1, -0.05) is 12.2 Å². The van der Waals surface area contributed by atoms with E-state index in [0.29, 0.717) is 24.7 Å². The molecule has 1 amide bonds. The molecule has 0 bridgehead atoms. The topological polar surface area (TPSA) is 69.3 Å². The molecule has 0 saturated carbocycles. The van der Waals surface area contributed by atoms with Gasteiger partial charge in [-0.05, 0) is 55.5 Å². The second-order valence-corrected chi connectivity index (χ2v) is 10.1. The van der Waals surface area contributed by atoms with Crippen molar-refractivity contribution in [2.75, 3.05) is 13.1 Å². The molecule has 0 spiro atoms. The Labute approximate surface area is 187 Å². The van der Waals surface area contributed by atoms with E-state index in [1.165, 1.54) is 10.4 Å². The standard InChI is InChI=1S/C24H30N4O2S/c1-16-9-12-31-21(16)15-27-11-8-19-18(14-27)24(30)26-23(25-19)20-7-4-10-28(20)22(29)13-17-5-2-3-6-17/h2,5,9,12,17,20H,3-4,6-8,10-11,13-15H2,1H3,(H,25,26,30)/t17-,20-/m0/s1. The number of nitrogens with one attached hydrogen (secondary N) is 1. The Morgan fingerprint density at radius 1 is 1.32 bits per heavy atom. The van der Waals surface area contributed by atoms with E-state index in [9.17, 15) is 9.59 Å². The van der Waals surface area contributed by atoms with Crippen molar-refractivity contribution in [1.82, 2.24) is 19.8 Å². The van der Waals surface area contributed by atoms with Gasteiger partial charge in [0.25, 0.3) is 5.56 Å². The summed E-state index contributed by atoms with van der Waals surface area (Å²) in [5.74, 6) is 1.23. The zero-order valence-corrected chi connectivity index (χ0v) is 18.9. The maximum atomic E-state index is 13.0. The van der Waals surface area contributed by atoms with E-state index in [2.05, 4.69) is 40.4 Å². The maximum Gasteiger partial charge on any atom is 0.255 e. The molecule has 31 heavy (non-hydrogen) atoms. The van der Waals surface area contributed by atoms with Crippen molar-refractivity contribution >= 4 is 17.2 Å². The SMILES string of the molecule is Cc1ccsc1CN1CCc2nc([C@@H]3CCCN3C(=O)C[C@H]3C=CCC3)[nH]c(=O)c2C1. The number of H-pyrrole nitrogens is 1. The number of nitrogens with zero attached hydrogens (tertiary/aromatic N) is 3. The largest absolute Gasteiger partial charge is 0.332 e. The molecule has 5 rings (SSSR count). The van der Waals surface area contributed by atoms with Gasteiger partial charge in [0.05, 0.1) is 17.3 Å². The molecule has 2 atom stereocenters. The number of hydrogen-bond acceptors (Lipinski definition) is 5. The van der Waals surface area contributed by atoms with Gasteiger partial charge in [0.15, 0.2) is 0 Å². The molecular weight excluding hydrogens is 408 g/mol. The lowest BCUT2D eigenvalue weighted by Gasteiger charge is -2.29. The van der Waals surface area contributed by atoms with Crippen molar-refractivity contribution < 1.29 is 4.79 Å². The van der Waals surface area contributed by atoms with Crippen LogP contribution in [0, 0.1) is 12.8 Å². The lowest BCUT2D eigenvalue weighted by atomic mass is 10.0. The summed E-state index contributed by atoms with van der Waals surface area (Å²) in [6.07, 6.45) is 9.67. The molecule has 3 aliphatic rings. The van der Waals surface area contributed by atoms with Gasteiger partial charge in [-0.15, -0.1) is 11.3 Å². The molecule has 1 aliphatic carbocycles. The molecule has 2 aliphatic heterocycles. The van der Waals surface area contributed by atoms with Gasteiger partial charge in [-0.25, -0.2) is 4.98 Å². The van der Waals surface area contributed by atoms with Gasteiger partial charge in [-0.3, -0.25) is 14.5 Å². The van der Waals surface area contributed by atoms with E-state index in [0.717, 1.165) is 63.0 Å². The highest BCUT2D eigenvalue weighted by Crippen LogP contribution is 2.32. The van der Waals surface area contributed by atoms with Crippen LogP contribution < -0.4 is 5.56 Å². The number of aromatic nitrogens is 2. The summed E-state index contributed by atoms with van der Waals surface area (Å²) in [5.41, 5.74) is 2.98. The van der Waals surface area contributed by atoms with Gasteiger partial charge in [0.2, 0.25) is 5.91 Å². The van der Waals surface area contributed by atoms with Crippen LogP contribution in [0.4, 0.5) is 0 Å². The minimum absolute atomic E-state index is 0.0365. The summed E-state index contributed by atoms with van der Waals surface area (Å²) in [5, 5.41) is 2.13. The number of thiophene rings is 1. The van der Waals surface area contributed by atoms with Crippen LogP contribution in [0.15, 0.2) is 28.4 Å². The predicted molar refractivity (Wildman–Crippen MR) is 122 cm³/mol. The lowest BCUT2D eigenvalue weighted by Crippen LogP contribution is -2.38. The van der Waals surface area contributed by atoms with E-state index < -0.39 is 0 Å². The van der Waals surface area contributed by atoms with Crippen molar-refractivity contribution in [2.24, 2.45) is 5.92 Å². The van der Waals surface area contributed by atoms with E-state index >= 15 is 0 Å². The normalized spacial score (nSPS) is 23.5. The Balaban J connectivity index is 1.32. The number of likely N-dealkylation sites (tertiary alicyclic amines) is 1. The zero-order chi connectivity index (χ0) is 21.4. The van der Waals surface area contributed by atoms with Crippen molar-refractivity contribution in [3.8, 4) is 0 Å². The summed E-state index contributed by atoms with van der Waals surface area (Å²) in [6.45, 7) is 5.32. The van der Waals surface area contributed by atoms with Crippen LogP contribution in [-0.2, 0) is 24.3 Å². The number of rotatable bonds is 5. The van der Waals surface area contributed by atoms with Gasteiger partial charge >= 0.3 is 0 Å². The number of aryl methyl sites for hydroxylation is 1. The first-order valence-corrected chi connectivity index (χ1v) is 12.3. The third-order valence-corrected chi connectivity index (χ3v) is 7.95. The quantitative estimate of drug-likeness (QED) is 0.723. The molecule has 6 nitrogen and oxygen atoms in total. The van der Waals surface area contributed by atoms with E-state index in [1.54, 1.807) is 11.3 Å². The first kappa shape index (κ1) is 20.6. The molecule has 2 aromatic rings. The molecule has 7 heteroatoms. The van der Waals surface area contributed by atoms with Crippen LogP contribution in [-0.4, -0.2) is 38.8 Å². The van der Waals surface area contributed by atoms with Gasteiger partial charge in [-0.2, -0.15) is 0 Å². The molecule has 0 unspecified atom stereocenters. The summed E-state index contributed by atoms with van der Waals surface area (Å²) in [6, 6.07) is 2.05. The van der Waals surface area contributed by atoms with Crippen LogP contribution in [0.3, 0.4) is 0 Å². The van der Waals surface area contributed by atoms with E-state index in [-0.39, 0.29) is 17.5 Å². The second-order valence-electron chi connectivity index (χ2n) is 9.08. The molecular formula is C24H30N4O2S. The van der Waals surface area contributed by atoms with Crippen LogP contribution in [0.1, 0.15) is 65.7 Å². The smallest absolute Gasteiger partial charge is 0.255 e. The molecule has 4 heterocycles. The Hall–Kier alpha value is -2.25. The number of aromatic amines is 1. The minimum Gasteiger partial charge on any atom is -0.332 e. The van der Waals surface area contributed by atoms with Crippen LogP contribution in [0.5, 0.6) is 0 Å². The number of amides is 1. The van der Waals surface area contributed by atoms with Crippen LogP contribution >= 0.6 is 11.3 Å². The molecule has 1 fully saturated rings. The molecule has 2 aromatic heterocycles. The highest BCUT2D eigenvalue weighted by atomic mass is 32.1. The molecule has 0 aromatic carbocycles. The lowest BCUT2D eigenvalue weighted by molar-refractivity contribution is -0.133. The third kappa shape index (κ3) is 4.26. The van der Waals surface area contributed by atoms with E-state index in [1.807, 2.05) is 4.90 Å². The van der Waals surface area contributed by atoms with Crippen LogP contribution in [0.2, 0.25) is 0 Å². The first-order valence-electron chi connectivity index (χ1n) is 11.4. The fourth-order valence-electron chi connectivity index (χ4n) is 5.12. The van der Waals surface area contributed by atoms with Gasteiger partial charge < -0.3 is 9.88 Å². The first-order chi connectivity index (χ1) is 15.1. The van der Waals surface area contributed by atoms with Gasteiger partial charge in [0.1, 0.15) is 5.82 Å². The molecule has 164 valence electrons. The van der Waals surface area contributed by atoms with Crippen molar-refractivity contribution in [3.63, 3.8) is 0 Å². The van der Waals surface area contributed by atoms with Gasteiger partial charge in [0, 0.05) is 43.9 Å². The fourth-order valence-corrected chi connectivity index (χ4v) is 6.07. The number of allylic oxidation sites excluding steroid dienone is 2. The Kier molecular flexibility index (Phi) is 5.80. The Morgan fingerprint density at radius 2 is 2.23 bits per heavy atom. The number of fused-ring (bicyclic) bond motifs is 1. The monoisotopic (exact) mass is 438 g/mol. The third-order valence-electron chi connectivity index (χ3n) is 6.94. The van der Waals surface area contributed by atoms with Crippen LogP contribution in [0.25, 0.3) is 0 Å². The number of hydrogen-bond donors (Lipinski definition) is 1. The zero-order valence-electron chi connectivity index (χ0n) is 18.1. The molecule has 1 N–H and O–H groups in total. The highest BCUT2D eigenvalue weighted by Gasteiger charge is 2.34. The summed E-state index contributed by atoms with van der Waals surface area (Å²) >= 11 is 1.78. The fraction of sp³-hybridized carbons (Fsp3) is 0.542. The summed E-state index contributed by atoms with van der Waals surface area (Å²) in [4.78, 5) is 39.5. The number of carbonyl (C=O) groups is 1. The molecule has 1 saturated heterocycles. The average Bonchev–Trinajstić information content (AvgIpc) is 3.51. The number of carbonyl (C=O) groups excluding carboxylic acids is 1. The summed E-state index contributed by atoms with van der Waals surface area (Å²) < 4.78 is 0. The minimum atomic E-state index is -0.0947. The van der Waals surface area contributed by atoms with Crippen molar-refractivity contribution in [1.29, 1.82) is 0 Å². The predicted octanol–water partition coefficient (Wildman–Crippen LogP) is 3.72. The average molecular weight is 439 g/mol.